The number of hydrogen-bond acceptors (Lipinski definition) is 3. The Hall–Kier alpha value is -2.00. The van der Waals surface area contributed by atoms with Crippen LogP contribution < -0.4 is 9.47 Å². The van der Waals surface area contributed by atoms with Crippen molar-refractivity contribution in [3.63, 3.8) is 0 Å². The van der Waals surface area contributed by atoms with E-state index < -0.39 is 0 Å². The summed E-state index contributed by atoms with van der Waals surface area (Å²) >= 11 is 0. The lowest BCUT2D eigenvalue weighted by Crippen LogP contribution is -2.35. The van der Waals surface area contributed by atoms with E-state index in [1.807, 2.05) is 24.3 Å². The van der Waals surface area contributed by atoms with Gasteiger partial charge in [-0.2, -0.15) is 0 Å². The molecule has 0 bridgehead atoms. The highest BCUT2D eigenvalue weighted by Crippen LogP contribution is 2.42. The highest BCUT2D eigenvalue weighted by atomic mass is 16.5. The van der Waals surface area contributed by atoms with E-state index in [9.17, 15) is 5.11 Å². The molecule has 1 aliphatic heterocycles. The predicted molar refractivity (Wildman–Crippen MR) is 111 cm³/mol. The Morgan fingerprint density at radius 3 is 3.00 bits per heavy atom. The van der Waals surface area contributed by atoms with Crippen molar-refractivity contribution in [1.82, 2.24) is 0 Å². The minimum Gasteiger partial charge on any atom is -0.489 e. The van der Waals surface area contributed by atoms with Gasteiger partial charge in [-0.15, -0.1) is 0 Å². The van der Waals surface area contributed by atoms with E-state index in [4.69, 9.17) is 9.47 Å². The summed E-state index contributed by atoms with van der Waals surface area (Å²) in [6, 6.07) is 5.98. The maximum Gasteiger partial charge on any atom is 0.130 e. The number of benzene rings is 1. The van der Waals surface area contributed by atoms with Crippen LogP contribution in [-0.4, -0.2) is 24.4 Å². The van der Waals surface area contributed by atoms with Gasteiger partial charge >= 0.3 is 0 Å². The molecule has 27 heavy (non-hydrogen) atoms. The summed E-state index contributed by atoms with van der Waals surface area (Å²) in [5.74, 6) is 1.72. The summed E-state index contributed by atoms with van der Waals surface area (Å²) in [6.07, 6.45) is 9.92. The zero-order valence-corrected chi connectivity index (χ0v) is 17.0. The van der Waals surface area contributed by atoms with Crippen LogP contribution in [0.1, 0.15) is 58.9 Å². The van der Waals surface area contributed by atoms with Crippen LogP contribution in [0.5, 0.6) is 11.5 Å². The molecule has 2 aliphatic rings. The Kier molecular flexibility index (Phi) is 6.11. The molecule has 1 aromatic carbocycles. The molecule has 0 fully saturated rings. The van der Waals surface area contributed by atoms with Crippen LogP contribution in [0, 0.1) is 5.41 Å². The molecular weight excluding hydrogens is 336 g/mol. The van der Waals surface area contributed by atoms with Gasteiger partial charge in [0.15, 0.2) is 0 Å². The van der Waals surface area contributed by atoms with Gasteiger partial charge in [0.1, 0.15) is 24.7 Å². The second kappa shape index (κ2) is 8.35. The van der Waals surface area contributed by atoms with Gasteiger partial charge in [0.2, 0.25) is 0 Å². The number of ether oxygens (including phenoxy) is 2. The molecule has 0 saturated carbocycles. The van der Waals surface area contributed by atoms with Gasteiger partial charge in [-0.3, -0.25) is 0 Å². The van der Waals surface area contributed by atoms with Crippen molar-refractivity contribution < 1.29 is 14.6 Å². The predicted octanol–water partition coefficient (Wildman–Crippen LogP) is 5.69. The summed E-state index contributed by atoms with van der Waals surface area (Å²) in [7, 11) is 0. The second-order valence-corrected chi connectivity index (χ2v) is 8.31. The fraction of sp³-hybridized carbons (Fsp3) is 0.500. The Bertz CT molecular complexity index is 768. The molecular formula is C24H32O3. The summed E-state index contributed by atoms with van der Waals surface area (Å²) < 4.78 is 11.5. The van der Waals surface area contributed by atoms with Crippen LogP contribution in [0.4, 0.5) is 0 Å². The highest BCUT2D eigenvalue weighted by molar-refractivity contribution is 5.60. The van der Waals surface area contributed by atoms with Gasteiger partial charge in [-0.05, 0) is 63.8 Å². The molecule has 0 amide bonds. The molecule has 1 aromatic rings. The topological polar surface area (TPSA) is 38.7 Å². The Morgan fingerprint density at radius 2 is 2.19 bits per heavy atom. The van der Waals surface area contributed by atoms with E-state index in [1.165, 1.54) is 16.7 Å². The monoisotopic (exact) mass is 368 g/mol. The minimum atomic E-state index is -0.232. The SMILES string of the molecule is CC(=CCOc1ccc2c(c1)OCC=C2)CCC1=C(C)CC[C@@H](O)C1(C)C. The number of aliphatic hydroxyl groups is 1. The van der Waals surface area contributed by atoms with Crippen LogP contribution in [-0.2, 0) is 0 Å². The van der Waals surface area contributed by atoms with Crippen molar-refractivity contribution in [3.05, 3.63) is 52.6 Å². The number of rotatable bonds is 6. The van der Waals surface area contributed by atoms with Gasteiger partial charge in [0, 0.05) is 17.0 Å². The molecule has 146 valence electrons. The van der Waals surface area contributed by atoms with Gasteiger partial charge < -0.3 is 14.6 Å². The average Bonchev–Trinajstić information content (AvgIpc) is 2.65. The van der Waals surface area contributed by atoms with Gasteiger partial charge in [0.05, 0.1) is 6.10 Å². The fourth-order valence-corrected chi connectivity index (χ4v) is 4.04. The second-order valence-electron chi connectivity index (χ2n) is 8.31. The fourth-order valence-electron chi connectivity index (χ4n) is 4.04. The van der Waals surface area contributed by atoms with E-state index in [-0.39, 0.29) is 11.5 Å². The largest absolute Gasteiger partial charge is 0.489 e. The van der Waals surface area contributed by atoms with Gasteiger partial charge in [-0.25, -0.2) is 0 Å². The molecule has 1 N–H and O–H groups in total. The van der Waals surface area contributed by atoms with E-state index >= 15 is 0 Å². The lowest BCUT2D eigenvalue weighted by atomic mass is 9.69. The summed E-state index contributed by atoms with van der Waals surface area (Å²) in [5.41, 5.74) is 5.19. The van der Waals surface area contributed by atoms with Crippen LogP contribution in [0.25, 0.3) is 6.08 Å². The van der Waals surface area contributed by atoms with E-state index in [1.54, 1.807) is 0 Å². The first-order valence-electron chi connectivity index (χ1n) is 9.97. The molecule has 0 unspecified atom stereocenters. The van der Waals surface area contributed by atoms with Gasteiger partial charge in [0.25, 0.3) is 0 Å². The van der Waals surface area contributed by atoms with Crippen molar-refractivity contribution in [3.8, 4) is 11.5 Å². The molecule has 0 saturated heterocycles. The van der Waals surface area contributed by atoms with E-state index in [2.05, 4.69) is 39.8 Å². The van der Waals surface area contributed by atoms with Crippen LogP contribution >= 0.6 is 0 Å². The van der Waals surface area contributed by atoms with E-state index in [0.717, 1.165) is 42.7 Å². The lowest BCUT2D eigenvalue weighted by molar-refractivity contribution is 0.0558. The maximum atomic E-state index is 10.4. The van der Waals surface area contributed by atoms with Gasteiger partial charge in [-0.1, -0.05) is 36.6 Å². The number of fused-ring (bicyclic) bond motifs is 1. The molecule has 0 aromatic heterocycles. The zero-order valence-electron chi connectivity index (χ0n) is 17.0. The summed E-state index contributed by atoms with van der Waals surface area (Å²) in [4.78, 5) is 0. The quantitative estimate of drug-likeness (QED) is 0.655. The number of aliphatic hydroxyl groups excluding tert-OH is 1. The molecule has 0 spiro atoms. The van der Waals surface area contributed by atoms with Crippen molar-refractivity contribution in [2.45, 2.75) is 59.5 Å². The first-order chi connectivity index (χ1) is 12.9. The first-order valence-corrected chi connectivity index (χ1v) is 9.97. The zero-order chi connectivity index (χ0) is 19.4. The third kappa shape index (κ3) is 4.65. The molecule has 0 radical (unpaired) electrons. The Morgan fingerprint density at radius 1 is 1.37 bits per heavy atom. The molecule has 3 rings (SSSR count). The van der Waals surface area contributed by atoms with Crippen molar-refractivity contribution in [1.29, 1.82) is 0 Å². The smallest absolute Gasteiger partial charge is 0.130 e. The molecule has 1 heterocycles. The molecule has 1 aliphatic carbocycles. The standard InChI is InChI=1S/C24H32O3/c1-17(7-11-21-18(2)8-12-23(25)24(21,3)4)13-15-26-20-10-9-19-6-5-14-27-22(19)16-20/h5-6,9-10,13,16,23,25H,7-8,11-12,14-15H2,1-4H3/t23-/m1/s1. The summed E-state index contributed by atoms with van der Waals surface area (Å²) in [5, 5.41) is 10.4. The number of hydrogen-bond donors (Lipinski definition) is 1. The maximum absolute atomic E-state index is 10.4. The van der Waals surface area contributed by atoms with Crippen LogP contribution in [0.2, 0.25) is 0 Å². The van der Waals surface area contributed by atoms with Crippen LogP contribution in [0.3, 0.4) is 0 Å². The third-order valence-electron chi connectivity index (χ3n) is 5.99. The Balaban J connectivity index is 1.54. The first kappa shape index (κ1) is 19.8. The van der Waals surface area contributed by atoms with Crippen LogP contribution in [0.15, 0.2) is 47.1 Å². The molecule has 3 heteroatoms. The average molecular weight is 369 g/mol. The highest BCUT2D eigenvalue weighted by Gasteiger charge is 2.35. The van der Waals surface area contributed by atoms with Crippen molar-refractivity contribution in [2.24, 2.45) is 5.41 Å². The Labute approximate surface area is 163 Å². The normalized spacial score (nSPS) is 21.7. The van der Waals surface area contributed by atoms with Crippen molar-refractivity contribution >= 4 is 6.08 Å². The molecule has 1 atom stereocenters. The minimum absolute atomic E-state index is 0.114. The molecule has 3 nitrogen and oxygen atoms in total. The third-order valence-corrected chi connectivity index (χ3v) is 5.99. The number of allylic oxidation sites excluding steroid dienone is 2. The lowest BCUT2D eigenvalue weighted by Gasteiger charge is -2.39. The van der Waals surface area contributed by atoms with E-state index in [0.29, 0.717) is 13.2 Å². The van der Waals surface area contributed by atoms with Crippen molar-refractivity contribution in [2.75, 3.05) is 13.2 Å². The summed E-state index contributed by atoms with van der Waals surface area (Å²) in [6.45, 7) is 9.90.